The van der Waals surface area contributed by atoms with Gasteiger partial charge in [0.15, 0.2) is 0 Å². The highest BCUT2D eigenvalue weighted by molar-refractivity contribution is 7.92. The molecule has 0 bridgehead atoms. The maximum Gasteiger partial charge on any atom is 0.261 e. The van der Waals surface area contributed by atoms with Crippen LogP contribution in [0.3, 0.4) is 0 Å². The van der Waals surface area contributed by atoms with Crippen molar-refractivity contribution in [2.75, 3.05) is 11.3 Å². The highest BCUT2D eigenvalue weighted by Crippen LogP contribution is 2.19. The largest absolute Gasteiger partial charge is 0.292 e. The lowest BCUT2D eigenvalue weighted by Gasteiger charge is -2.10. The van der Waals surface area contributed by atoms with Crippen LogP contribution < -0.4 is 4.72 Å². The minimum absolute atomic E-state index is 0.251. The number of nitrogens with zero attached hydrogens (tertiary/aromatic N) is 1. The molecule has 1 N–H and O–H groups in total. The van der Waals surface area contributed by atoms with Crippen LogP contribution in [0, 0.1) is 6.92 Å². The third-order valence-electron chi connectivity index (χ3n) is 3.41. The van der Waals surface area contributed by atoms with Crippen molar-refractivity contribution in [2.24, 2.45) is 4.99 Å². The van der Waals surface area contributed by atoms with Crippen LogP contribution in [0.2, 0.25) is 0 Å². The van der Waals surface area contributed by atoms with Crippen molar-refractivity contribution in [3.8, 4) is 0 Å². The van der Waals surface area contributed by atoms with Crippen molar-refractivity contribution >= 4 is 21.9 Å². The van der Waals surface area contributed by atoms with Crippen molar-refractivity contribution in [3.05, 3.63) is 59.7 Å². The minimum atomic E-state index is -3.60. The van der Waals surface area contributed by atoms with Crippen LogP contribution in [-0.2, 0) is 10.0 Å². The summed E-state index contributed by atoms with van der Waals surface area (Å²) in [6, 6.07) is 14.0. The topological polar surface area (TPSA) is 58.5 Å². The van der Waals surface area contributed by atoms with Crippen LogP contribution in [0.25, 0.3) is 0 Å². The maximum absolute atomic E-state index is 12.5. The molecule has 5 heteroatoms. The summed E-state index contributed by atoms with van der Waals surface area (Å²) in [4.78, 5) is 4.60. The van der Waals surface area contributed by atoms with Crippen LogP contribution in [-0.4, -0.2) is 21.2 Å². The van der Waals surface area contributed by atoms with Crippen molar-refractivity contribution in [1.82, 2.24) is 0 Å². The molecule has 2 aromatic rings. The number of rotatable bonds is 7. The first-order chi connectivity index (χ1) is 11.0. The molecule has 0 amide bonds. The second-order valence-electron chi connectivity index (χ2n) is 5.39. The lowest BCUT2D eigenvalue weighted by Crippen LogP contribution is -2.14. The molecule has 122 valence electrons. The predicted molar refractivity (Wildman–Crippen MR) is 95.8 cm³/mol. The Bertz CT molecular complexity index is 766. The molecule has 0 saturated heterocycles. The average molecular weight is 330 g/mol. The first-order valence-corrected chi connectivity index (χ1v) is 9.19. The Labute approximate surface area is 138 Å². The van der Waals surface area contributed by atoms with E-state index in [-0.39, 0.29) is 4.90 Å². The van der Waals surface area contributed by atoms with Crippen molar-refractivity contribution in [1.29, 1.82) is 0 Å². The molecule has 2 rings (SSSR count). The molecule has 0 spiro atoms. The standard InChI is InChI=1S/C18H22N2O2S/c1-3-4-13-19-14-16-7-5-6-8-18(16)20-23(21,22)17-11-9-15(2)10-12-17/h5-12,14,20H,3-4,13H2,1-2H3. The van der Waals surface area contributed by atoms with E-state index in [4.69, 9.17) is 0 Å². The molecule has 0 aliphatic heterocycles. The van der Waals surface area contributed by atoms with E-state index in [0.29, 0.717) is 5.69 Å². The van der Waals surface area contributed by atoms with Gasteiger partial charge in [-0.05, 0) is 31.5 Å². The summed E-state index contributed by atoms with van der Waals surface area (Å²) < 4.78 is 27.6. The molecule has 0 fully saturated rings. The third kappa shape index (κ3) is 4.93. The van der Waals surface area contributed by atoms with E-state index in [1.54, 1.807) is 42.6 Å². The summed E-state index contributed by atoms with van der Waals surface area (Å²) in [5.41, 5.74) is 2.32. The highest BCUT2D eigenvalue weighted by Gasteiger charge is 2.15. The average Bonchev–Trinajstić information content (AvgIpc) is 2.53. The smallest absolute Gasteiger partial charge is 0.261 e. The Morgan fingerprint density at radius 1 is 1.09 bits per heavy atom. The van der Waals surface area contributed by atoms with Crippen LogP contribution in [0.1, 0.15) is 30.9 Å². The fraction of sp³-hybridized carbons (Fsp3) is 0.278. The van der Waals surface area contributed by atoms with Gasteiger partial charge < -0.3 is 0 Å². The van der Waals surface area contributed by atoms with Gasteiger partial charge in [0.2, 0.25) is 0 Å². The summed E-state index contributed by atoms with van der Waals surface area (Å²) in [5.74, 6) is 0. The molecule has 0 saturated carbocycles. The van der Waals surface area contributed by atoms with Crippen molar-refractivity contribution < 1.29 is 8.42 Å². The Morgan fingerprint density at radius 2 is 1.78 bits per heavy atom. The lowest BCUT2D eigenvalue weighted by atomic mass is 10.2. The third-order valence-corrected chi connectivity index (χ3v) is 4.79. The Hall–Kier alpha value is -2.14. The van der Waals surface area contributed by atoms with Gasteiger partial charge in [0, 0.05) is 18.3 Å². The number of sulfonamides is 1. The highest BCUT2D eigenvalue weighted by atomic mass is 32.2. The minimum Gasteiger partial charge on any atom is -0.292 e. The molecule has 4 nitrogen and oxygen atoms in total. The van der Waals surface area contributed by atoms with Crippen LogP contribution in [0.15, 0.2) is 58.4 Å². The zero-order valence-electron chi connectivity index (χ0n) is 13.5. The van der Waals surface area contributed by atoms with E-state index < -0.39 is 10.0 Å². The number of nitrogens with one attached hydrogen (secondary N) is 1. The fourth-order valence-corrected chi connectivity index (χ4v) is 3.12. The van der Waals surface area contributed by atoms with E-state index in [1.165, 1.54) is 0 Å². The molecule has 0 heterocycles. The number of unbranched alkanes of at least 4 members (excludes halogenated alkanes) is 1. The van der Waals surface area contributed by atoms with Crippen molar-refractivity contribution in [3.63, 3.8) is 0 Å². The van der Waals surface area contributed by atoms with Gasteiger partial charge in [-0.15, -0.1) is 0 Å². The molecular formula is C18H22N2O2S. The van der Waals surface area contributed by atoms with Crippen LogP contribution in [0.5, 0.6) is 0 Å². The number of para-hydroxylation sites is 1. The van der Waals surface area contributed by atoms with E-state index in [9.17, 15) is 8.42 Å². The lowest BCUT2D eigenvalue weighted by molar-refractivity contribution is 0.601. The monoisotopic (exact) mass is 330 g/mol. The number of hydrogen-bond acceptors (Lipinski definition) is 3. The summed E-state index contributed by atoms with van der Waals surface area (Å²) >= 11 is 0. The van der Waals surface area contributed by atoms with Gasteiger partial charge in [0.05, 0.1) is 10.6 Å². The molecule has 0 aromatic heterocycles. The number of aryl methyl sites for hydroxylation is 1. The molecule has 0 radical (unpaired) electrons. The van der Waals surface area contributed by atoms with Crippen LogP contribution in [0.4, 0.5) is 5.69 Å². The molecule has 0 aliphatic carbocycles. The van der Waals surface area contributed by atoms with Gasteiger partial charge in [-0.2, -0.15) is 0 Å². The molecule has 2 aromatic carbocycles. The van der Waals surface area contributed by atoms with Gasteiger partial charge in [-0.25, -0.2) is 8.42 Å². The Morgan fingerprint density at radius 3 is 2.48 bits per heavy atom. The van der Waals surface area contributed by atoms with Gasteiger partial charge in [0.25, 0.3) is 10.0 Å². The maximum atomic E-state index is 12.5. The molecule has 0 unspecified atom stereocenters. The van der Waals surface area contributed by atoms with E-state index in [2.05, 4.69) is 16.6 Å². The van der Waals surface area contributed by atoms with Gasteiger partial charge in [-0.1, -0.05) is 49.2 Å². The summed E-state index contributed by atoms with van der Waals surface area (Å²) in [6.07, 6.45) is 3.83. The number of anilines is 1. The molecule has 0 atom stereocenters. The van der Waals surface area contributed by atoms with Crippen LogP contribution >= 0.6 is 0 Å². The van der Waals surface area contributed by atoms with E-state index >= 15 is 0 Å². The summed E-state index contributed by atoms with van der Waals surface area (Å²) in [5, 5.41) is 0. The van der Waals surface area contributed by atoms with E-state index in [1.807, 2.05) is 19.1 Å². The Kier molecular flexibility index (Phi) is 5.93. The normalized spacial score (nSPS) is 11.7. The van der Waals surface area contributed by atoms with Crippen molar-refractivity contribution in [2.45, 2.75) is 31.6 Å². The van der Waals surface area contributed by atoms with Gasteiger partial charge >= 0.3 is 0 Å². The summed E-state index contributed by atoms with van der Waals surface area (Å²) in [7, 11) is -3.60. The number of benzene rings is 2. The molecular weight excluding hydrogens is 308 g/mol. The quantitative estimate of drug-likeness (QED) is 0.616. The number of aliphatic imine (C=N–C) groups is 1. The second kappa shape index (κ2) is 7.92. The van der Waals surface area contributed by atoms with Gasteiger partial charge in [0.1, 0.15) is 0 Å². The zero-order chi connectivity index (χ0) is 16.7. The second-order valence-corrected chi connectivity index (χ2v) is 7.08. The summed E-state index contributed by atoms with van der Waals surface area (Å²) in [6.45, 7) is 4.78. The predicted octanol–water partition coefficient (Wildman–Crippen LogP) is 4.01. The first-order valence-electron chi connectivity index (χ1n) is 7.71. The molecule has 0 aliphatic rings. The Balaban J connectivity index is 2.22. The number of hydrogen-bond donors (Lipinski definition) is 1. The van der Waals surface area contributed by atoms with Gasteiger partial charge in [-0.3, -0.25) is 9.71 Å². The SMILES string of the molecule is CCCCN=Cc1ccccc1NS(=O)(=O)c1ccc(C)cc1. The zero-order valence-corrected chi connectivity index (χ0v) is 14.3. The van der Waals surface area contributed by atoms with E-state index in [0.717, 1.165) is 30.5 Å². The fourth-order valence-electron chi connectivity index (χ4n) is 2.04. The first kappa shape index (κ1) is 17.2. The molecule has 23 heavy (non-hydrogen) atoms.